The van der Waals surface area contributed by atoms with Crippen LogP contribution in [-0.4, -0.2) is 29.6 Å². The molecule has 116 valence electrons. The summed E-state index contributed by atoms with van der Waals surface area (Å²) >= 11 is 1.11. The largest absolute Gasteiger partial charge is 0.263 e. The van der Waals surface area contributed by atoms with Crippen molar-refractivity contribution in [1.82, 2.24) is 14.8 Å². The smallest absolute Gasteiger partial charge is 0.257 e. The second-order valence-corrected chi connectivity index (χ2v) is 7.86. The zero-order valence-electron chi connectivity index (χ0n) is 11.6. The second kappa shape index (κ2) is 6.18. The predicted molar refractivity (Wildman–Crippen MR) is 75.3 cm³/mol. The van der Waals surface area contributed by atoms with Crippen LogP contribution in [0.5, 0.6) is 0 Å². The van der Waals surface area contributed by atoms with Gasteiger partial charge in [0.1, 0.15) is 6.54 Å². The van der Waals surface area contributed by atoms with Crippen LogP contribution >= 0.6 is 11.3 Å². The van der Waals surface area contributed by atoms with Crippen LogP contribution in [0.15, 0.2) is 16.6 Å². The minimum atomic E-state index is -3.65. The van der Waals surface area contributed by atoms with Crippen LogP contribution in [0.25, 0.3) is 0 Å². The van der Waals surface area contributed by atoms with Crippen molar-refractivity contribution in [1.29, 1.82) is 0 Å². The van der Waals surface area contributed by atoms with Crippen molar-refractivity contribution >= 4 is 21.2 Å². The van der Waals surface area contributed by atoms with Gasteiger partial charge in [-0.2, -0.15) is 5.10 Å². The highest BCUT2D eigenvalue weighted by Crippen LogP contribution is 2.25. The van der Waals surface area contributed by atoms with Gasteiger partial charge < -0.3 is 0 Å². The zero-order valence-corrected chi connectivity index (χ0v) is 13.2. The summed E-state index contributed by atoms with van der Waals surface area (Å²) in [6.07, 6.45) is -0.612. The maximum absolute atomic E-state index is 12.4. The van der Waals surface area contributed by atoms with Gasteiger partial charge in [0.15, 0.2) is 0 Å². The highest BCUT2D eigenvalue weighted by molar-refractivity contribution is 7.92. The third kappa shape index (κ3) is 3.65. The van der Waals surface area contributed by atoms with E-state index in [0.29, 0.717) is 6.42 Å². The van der Waals surface area contributed by atoms with Crippen molar-refractivity contribution in [2.24, 2.45) is 0 Å². The number of halogens is 2. The normalized spacial score (nSPS) is 12.2. The Morgan fingerprint density at radius 1 is 1.43 bits per heavy atom. The average molecular weight is 335 g/mol. The Hall–Kier alpha value is -1.35. The molecule has 2 aromatic heterocycles. The quantitative estimate of drug-likeness (QED) is 0.813. The fourth-order valence-corrected chi connectivity index (χ4v) is 4.69. The van der Waals surface area contributed by atoms with E-state index < -0.39 is 22.8 Å². The molecule has 0 radical (unpaired) electrons. The van der Waals surface area contributed by atoms with E-state index in [1.54, 1.807) is 0 Å². The monoisotopic (exact) mass is 335 g/mol. The molecular formula is C12H15F2N3O2S2. The molecule has 9 heteroatoms. The first kappa shape index (κ1) is 16.0. The Kier molecular flexibility index (Phi) is 4.72. The lowest BCUT2D eigenvalue weighted by atomic mass is 10.3. The number of hydrogen-bond donors (Lipinski definition) is 0. The molecule has 5 nitrogen and oxygen atoms in total. The standard InChI is InChI=1S/C12H15F2N3O2S2/c1-3-10-8(2)20-12(16-10)21(18,19)7-9-4-5-15-17(9)6-11(13)14/h4-5,11H,3,6-7H2,1-2H3. The van der Waals surface area contributed by atoms with Crippen LogP contribution in [0.3, 0.4) is 0 Å². The molecule has 0 saturated heterocycles. The number of alkyl halides is 2. The molecule has 0 aromatic carbocycles. The lowest BCUT2D eigenvalue weighted by molar-refractivity contribution is 0.121. The van der Waals surface area contributed by atoms with Crippen molar-refractivity contribution in [3.8, 4) is 0 Å². The number of rotatable bonds is 6. The first-order valence-corrected chi connectivity index (χ1v) is 8.78. The first-order chi connectivity index (χ1) is 9.83. The van der Waals surface area contributed by atoms with Crippen LogP contribution in [0.1, 0.15) is 23.2 Å². The Balaban J connectivity index is 2.27. The molecule has 0 aliphatic rings. The predicted octanol–water partition coefficient (Wildman–Crippen LogP) is 2.45. The van der Waals surface area contributed by atoms with Gasteiger partial charge in [0.2, 0.25) is 14.2 Å². The third-order valence-electron chi connectivity index (χ3n) is 2.93. The molecule has 0 aliphatic heterocycles. The number of hydrogen-bond acceptors (Lipinski definition) is 5. The maximum atomic E-state index is 12.4. The summed E-state index contributed by atoms with van der Waals surface area (Å²) < 4.78 is 50.6. The van der Waals surface area contributed by atoms with Gasteiger partial charge in [-0.3, -0.25) is 4.68 Å². The molecule has 0 saturated carbocycles. The van der Waals surface area contributed by atoms with Crippen molar-refractivity contribution in [2.45, 2.75) is 43.3 Å². The minimum absolute atomic E-state index is 0.0293. The molecule has 2 heterocycles. The summed E-state index contributed by atoms with van der Waals surface area (Å²) in [6.45, 7) is 3.10. The van der Waals surface area contributed by atoms with Gasteiger partial charge in [-0.15, -0.1) is 11.3 Å². The summed E-state index contributed by atoms with van der Waals surface area (Å²) in [7, 11) is -3.65. The van der Waals surface area contributed by atoms with Crippen molar-refractivity contribution in [2.75, 3.05) is 0 Å². The minimum Gasteiger partial charge on any atom is -0.263 e. The van der Waals surface area contributed by atoms with E-state index in [1.807, 2.05) is 13.8 Å². The van der Waals surface area contributed by atoms with Gasteiger partial charge in [0, 0.05) is 11.1 Å². The van der Waals surface area contributed by atoms with Crippen LogP contribution in [0.4, 0.5) is 8.78 Å². The van der Waals surface area contributed by atoms with Gasteiger partial charge in [-0.05, 0) is 19.4 Å². The van der Waals surface area contributed by atoms with E-state index in [1.165, 1.54) is 12.3 Å². The maximum Gasteiger partial charge on any atom is 0.257 e. The van der Waals surface area contributed by atoms with Crippen LogP contribution < -0.4 is 0 Å². The van der Waals surface area contributed by atoms with Gasteiger partial charge in [0.25, 0.3) is 6.43 Å². The summed E-state index contributed by atoms with van der Waals surface area (Å²) in [5, 5.41) is 3.73. The van der Waals surface area contributed by atoms with E-state index in [0.717, 1.165) is 26.6 Å². The molecule has 0 unspecified atom stereocenters. The summed E-state index contributed by atoms with van der Waals surface area (Å²) in [4.78, 5) is 4.98. The summed E-state index contributed by atoms with van der Waals surface area (Å²) in [5.74, 6) is -0.379. The van der Waals surface area contributed by atoms with Crippen LogP contribution in [-0.2, 0) is 28.6 Å². The van der Waals surface area contributed by atoms with Crippen molar-refractivity contribution in [3.63, 3.8) is 0 Å². The van der Waals surface area contributed by atoms with E-state index >= 15 is 0 Å². The Morgan fingerprint density at radius 3 is 2.71 bits per heavy atom. The summed E-state index contributed by atoms with van der Waals surface area (Å²) in [5.41, 5.74) is 0.987. The lowest BCUT2D eigenvalue weighted by Crippen LogP contribution is -2.14. The van der Waals surface area contributed by atoms with Gasteiger partial charge >= 0.3 is 0 Å². The molecule has 0 fully saturated rings. The average Bonchev–Trinajstić information content (AvgIpc) is 2.96. The Labute approximate surface area is 125 Å². The Morgan fingerprint density at radius 2 is 2.14 bits per heavy atom. The number of aryl methyl sites for hydroxylation is 2. The molecule has 0 amide bonds. The van der Waals surface area contributed by atoms with Gasteiger partial charge in [-0.1, -0.05) is 6.92 Å². The fraction of sp³-hybridized carbons (Fsp3) is 0.500. The summed E-state index contributed by atoms with van der Waals surface area (Å²) in [6, 6.07) is 1.43. The topological polar surface area (TPSA) is 64.8 Å². The SMILES string of the molecule is CCc1nc(S(=O)(=O)Cc2ccnn2CC(F)F)sc1C. The highest BCUT2D eigenvalue weighted by atomic mass is 32.2. The second-order valence-electron chi connectivity index (χ2n) is 4.49. The lowest BCUT2D eigenvalue weighted by Gasteiger charge is -2.06. The van der Waals surface area contributed by atoms with E-state index in [4.69, 9.17) is 0 Å². The number of thiazole rings is 1. The van der Waals surface area contributed by atoms with Crippen LogP contribution in [0, 0.1) is 6.92 Å². The zero-order chi connectivity index (χ0) is 15.6. The third-order valence-corrected chi connectivity index (χ3v) is 6.05. The molecule has 2 rings (SSSR count). The van der Waals surface area contributed by atoms with E-state index in [-0.39, 0.29) is 15.8 Å². The van der Waals surface area contributed by atoms with Gasteiger partial charge in [0.05, 0.1) is 17.1 Å². The number of sulfone groups is 1. The van der Waals surface area contributed by atoms with Gasteiger partial charge in [-0.25, -0.2) is 22.2 Å². The molecule has 0 atom stereocenters. The first-order valence-electron chi connectivity index (χ1n) is 6.31. The molecule has 2 aromatic rings. The fourth-order valence-electron chi connectivity index (χ4n) is 1.90. The number of aromatic nitrogens is 3. The molecule has 0 bridgehead atoms. The van der Waals surface area contributed by atoms with Crippen molar-refractivity contribution < 1.29 is 17.2 Å². The van der Waals surface area contributed by atoms with E-state index in [2.05, 4.69) is 10.1 Å². The van der Waals surface area contributed by atoms with Crippen LogP contribution in [0.2, 0.25) is 0 Å². The van der Waals surface area contributed by atoms with Crippen molar-refractivity contribution in [3.05, 3.63) is 28.5 Å². The molecule has 0 aliphatic carbocycles. The molecule has 0 spiro atoms. The molecule has 0 N–H and O–H groups in total. The van der Waals surface area contributed by atoms with E-state index in [9.17, 15) is 17.2 Å². The molecular weight excluding hydrogens is 320 g/mol. The molecule has 21 heavy (non-hydrogen) atoms. The Bertz CT molecular complexity index is 723. The number of nitrogens with zero attached hydrogens (tertiary/aromatic N) is 3. The highest BCUT2D eigenvalue weighted by Gasteiger charge is 2.23.